The zero-order chi connectivity index (χ0) is 7.72. The van der Waals surface area contributed by atoms with Crippen LogP contribution in [0.15, 0.2) is 12.2 Å². The van der Waals surface area contributed by atoms with Crippen LogP contribution in [0.4, 0.5) is 0 Å². The van der Waals surface area contributed by atoms with E-state index in [1.807, 2.05) is 7.05 Å². The molecule has 2 nitrogen and oxygen atoms in total. The summed E-state index contributed by atoms with van der Waals surface area (Å²) in [7, 11) is 1.82. The van der Waals surface area contributed by atoms with Crippen LogP contribution in [-0.4, -0.2) is 29.0 Å². The molecule has 1 saturated heterocycles. The van der Waals surface area contributed by atoms with E-state index in [0.717, 1.165) is 5.75 Å². The van der Waals surface area contributed by atoms with Crippen LogP contribution in [0.25, 0.3) is 0 Å². The summed E-state index contributed by atoms with van der Waals surface area (Å²) in [5.41, 5.74) is 0.620. The fraction of sp³-hybridized carbons (Fsp3) is 0.571. The largest absolute Gasteiger partial charge is 0.329 e. The van der Waals surface area contributed by atoms with Crippen LogP contribution in [0.5, 0.6) is 0 Å². The summed E-state index contributed by atoms with van der Waals surface area (Å²) in [6, 6.07) is 0. The first kappa shape index (κ1) is 7.66. The van der Waals surface area contributed by atoms with Crippen LogP contribution in [0.2, 0.25) is 0 Å². The molecule has 1 aliphatic rings. The van der Waals surface area contributed by atoms with Crippen molar-refractivity contribution in [3.8, 4) is 0 Å². The number of hydrogen-bond acceptors (Lipinski definition) is 2. The van der Waals surface area contributed by atoms with Crippen LogP contribution >= 0.6 is 11.8 Å². The van der Waals surface area contributed by atoms with Crippen molar-refractivity contribution in [2.75, 3.05) is 12.8 Å². The van der Waals surface area contributed by atoms with Crippen molar-refractivity contribution in [3.63, 3.8) is 0 Å². The molecule has 1 amide bonds. The number of thioether (sulfide) groups is 1. The predicted octanol–water partition coefficient (Wildman–Crippen LogP) is 1.09. The highest BCUT2D eigenvalue weighted by atomic mass is 32.2. The summed E-state index contributed by atoms with van der Waals surface area (Å²) in [4.78, 5) is 12.9. The van der Waals surface area contributed by atoms with Gasteiger partial charge in [0.15, 0.2) is 0 Å². The van der Waals surface area contributed by atoms with E-state index < -0.39 is 0 Å². The molecule has 0 N–H and O–H groups in total. The minimum atomic E-state index is 0.0648. The quantitative estimate of drug-likeness (QED) is 0.442. The summed E-state index contributed by atoms with van der Waals surface area (Å²) < 4.78 is 0. The van der Waals surface area contributed by atoms with Gasteiger partial charge >= 0.3 is 0 Å². The Kier molecular flexibility index (Phi) is 2.04. The number of nitrogens with zero attached hydrogens (tertiary/aromatic N) is 1. The monoisotopic (exact) mass is 157 g/mol. The second kappa shape index (κ2) is 2.66. The van der Waals surface area contributed by atoms with E-state index in [0.29, 0.717) is 10.9 Å². The van der Waals surface area contributed by atoms with Crippen molar-refractivity contribution in [1.82, 2.24) is 4.90 Å². The van der Waals surface area contributed by atoms with E-state index in [1.54, 1.807) is 23.6 Å². The zero-order valence-corrected chi connectivity index (χ0v) is 7.07. The summed E-state index contributed by atoms with van der Waals surface area (Å²) in [6.07, 6.45) is 0. The molecule has 3 heteroatoms. The van der Waals surface area contributed by atoms with Gasteiger partial charge in [0.05, 0.1) is 5.37 Å². The lowest BCUT2D eigenvalue weighted by Gasteiger charge is -2.14. The molecule has 56 valence electrons. The topological polar surface area (TPSA) is 20.3 Å². The Bertz CT molecular complexity index is 174. The molecular formula is C7H11NOS. The van der Waals surface area contributed by atoms with Crippen LogP contribution < -0.4 is 0 Å². The van der Waals surface area contributed by atoms with Crippen molar-refractivity contribution in [2.24, 2.45) is 0 Å². The van der Waals surface area contributed by atoms with E-state index in [9.17, 15) is 4.79 Å². The molecule has 0 aromatic rings. The minimum absolute atomic E-state index is 0.0648. The fourth-order valence-corrected chi connectivity index (χ4v) is 1.33. The first-order valence-electron chi connectivity index (χ1n) is 3.17. The maximum Gasteiger partial charge on any atom is 0.249 e. The maximum absolute atomic E-state index is 11.1. The summed E-state index contributed by atoms with van der Waals surface area (Å²) in [6.45, 7) is 5.33. The summed E-state index contributed by atoms with van der Waals surface area (Å²) in [5.74, 6) is 1.14. The van der Waals surface area contributed by atoms with Crippen LogP contribution in [0.3, 0.4) is 0 Å². The van der Waals surface area contributed by atoms with Crippen molar-refractivity contribution < 1.29 is 4.79 Å². The normalized spacial score (nSPS) is 22.0. The summed E-state index contributed by atoms with van der Waals surface area (Å²) in [5, 5.41) is 0.421. The van der Waals surface area contributed by atoms with Crippen molar-refractivity contribution >= 4 is 17.7 Å². The highest BCUT2D eigenvalue weighted by Gasteiger charge is 2.30. The SMILES string of the molecule is C=C(C)C(=O)N(C)C1CS1. The molecule has 1 rings (SSSR count). The molecule has 0 bridgehead atoms. The molecule has 0 radical (unpaired) electrons. The van der Waals surface area contributed by atoms with Gasteiger partial charge < -0.3 is 4.90 Å². The molecule has 0 aromatic heterocycles. The van der Waals surface area contributed by atoms with E-state index in [-0.39, 0.29) is 5.91 Å². The van der Waals surface area contributed by atoms with E-state index in [1.165, 1.54) is 0 Å². The molecule has 1 atom stereocenters. The number of carbonyl (C=O) groups is 1. The number of carbonyl (C=O) groups excluding carboxylic acids is 1. The number of amides is 1. The molecule has 0 aromatic carbocycles. The molecule has 1 aliphatic heterocycles. The van der Waals surface area contributed by atoms with E-state index in [2.05, 4.69) is 6.58 Å². The van der Waals surface area contributed by atoms with Crippen molar-refractivity contribution in [1.29, 1.82) is 0 Å². The molecule has 1 heterocycles. The molecule has 1 fully saturated rings. The van der Waals surface area contributed by atoms with Crippen LogP contribution in [0.1, 0.15) is 6.92 Å². The molecule has 10 heavy (non-hydrogen) atoms. The molecule has 0 saturated carbocycles. The average molecular weight is 157 g/mol. The van der Waals surface area contributed by atoms with Gasteiger partial charge in [0.2, 0.25) is 5.91 Å². The van der Waals surface area contributed by atoms with E-state index >= 15 is 0 Å². The lowest BCUT2D eigenvalue weighted by atomic mass is 10.3. The van der Waals surface area contributed by atoms with Gasteiger partial charge in [-0.15, -0.1) is 11.8 Å². The van der Waals surface area contributed by atoms with Crippen molar-refractivity contribution in [2.45, 2.75) is 12.3 Å². The van der Waals surface area contributed by atoms with Gasteiger partial charge in [-0.05, 0) is 6.92 Å². The Labute approximate surface area is 65.3 Å². The van der Waals surface area contributed by atoms with Crippen LogP contribution in [-0.2, 0) is 4.79 Å². The molecule has 0 aliphatic carbocycles. The number of likely N-dealkylation sites (N-methyl/N-ethyl adjacent to an activating group) is 1. The maximum atomic E-state index is 11.1. The number of rotatable bonds is 2. The van der Waals surface area contributed by atoms with Gasteiger partial charge in [0.25, 0.3) is 0 Å². The third kappa shape index (κ3) is 1.53. The fourth-order valence-electron chi connectivity index (χ4n) is 0.698. The zero-order valence-electron chi connectivity index (χ0n) is 6.26. The van der Waals surface area contributed by atoms with Gasteiger partial charge in [0, 0.05) is 18.4 Å². The highest BCUT2D eigenvalue weighted by molar-refractivity contribution is 8.06. The Morgan fingerprint density at radius 2 is 2.30 bits per heavy atom. The lowest BCUT2D eigenvalue weighted by molar-refractivity contribution is -0.125. The van der Waals surface area contributed by atoms with Gasteiger partial charge in [0.1, 0.15) is 0 Å². The standard InChI is InChI=1S/C7H11NOS/c1-5(2)7(9)8(3)6-4-10-6/h6H,1,4H2,2-3H3. The summed E-state index contributed by atoms with van der Waals surface area (Å²) >= 11 is 1.79. The van der Waals surface area contributed by atoms with Crippen LogP contribution in [0, 0.1) is 0 Å². The van der Waals surface area contributed by atoms with Crippen molar-refractivity contribution in [3.05, 3.63) is 12.2 Å². The Hall–Kier alpha value is -0.440. The minimum Gasteiger partial charge on any atom is -0.329 e. The van der Waals surface area contributed by atoms with Gasteiger partial charge in [-0.2, -0.15) is 0 Å². The highest BCUT2D eigenvalue weighted by Crippen LogP contribution is 2.32. The molecule has 1 unspecified atom stereocenters. The Morgan fingerprint density at radius 3 is 2.60 bits per heavy atom. The third-order valence-electron chi connectivity index (χ3n) is 1.43. The molecular weight excluding hydrogens is 146 g/mol. The second-order valence-electron chi connectivity index (χ2n) is 2.48. The van der Waals surface area contributed by atoms with E-state index in [4.69, 9.17) is 0 Å². The molecule has 0 spiro atoms. The van der Waals surface area contributed by atoms with Gasteiger partial charge in [-0.25, -0.2) is 0 Å². The smallest absolute Gasteiger partial charge is 0.249 e. The lowest BCUT2D eigenvalue weighted by Crippen LogP contribution is -2.28. The first-order valence-corrected chi connectivity index (χ1v) is 4.22. The Morgan fingerprint density at radius 1 is 1.80 bits per heavy atom. The Balaban J connectivity index is 2.46. The third-order valence-corrected chi connectivity index (χ3v) is 2.38. The predicted molar refractivity (Wildman–Crippen MR) is 43.8 cm³/mol. The second-order valence-corrected chi connectivity index (χ2v) is 3.70. The average Bonchev–Trinajstić information content (AvgIpc) is 2.65. The number of hydrogen-bond donors (Lipinski definition) is 0. The van der Waals surface area contributed by atoms with Gasteiger partial charge in [-0.3, -0.25) is 4.79 Å². The van der Waals surface area contributed by atoms with Gasteiger partial charge in [-0.1, -0.05) is 6.58 Å². The first-order chi connectivity index (χ1) is 4.63.